The number of rotatable bonds is 2. The fourth-order valence-electron chi connectivity index (χ4n) is 1.72. The second kappa shape index (κ2) is 5.08. The topological polar surface area (TPSA) is 57.8 Å². The molecule has 0 aliphatic rings. The molecule has 1 aromatic heterocycles. The van der Waals surface area contributed by atoms with E-state index in [0.717, 1.165) is 12.1 Å². The molecule has 2 N–H and O–H groups in total. The minimum absolute atomic E-state index is 0.260. The summed E-state index contributed by atoms with van der Waals surface area (Å²) in [7, 11) is 0. The highest BCUT2D eigenvalue weighted by Gasteiger charge is 2.19. The van der Waals surface area contributed by atoms with Crippen LogP contribution in [-0.2, 0) is 0 Å². The molecule has 0 aliphatic carbocycles. The average Bonchev–Trinajstić information content (AvgIpc) is 2.63. The minimum Gasteiger partial charge on any atom is -0.317 e. The highest BCUT2D eigenvalue weighted by atomic mass is 79.9. The molecule has 0 unspecified atom stereocenters. The maximum absolute atomic E-state index is 13.6. The van der Waals surface area contributed by atoms with Crippen LogP contribution in [0.25, 0.3) is 0 Å². The Morgan fingerprint density at radius 2 is 1.89 bits per heavy atom. The lowest BCUT2D eigenvalue weighted by molar-refractivity contribution is 0.102. The van der Waals surface area contributed by atoms with Crippen molar-refractivity contribution in [2.45, 2.75) is 13.8 Å². The molecule has 2 aromatic rings. The van der Waals surface area contributed by atoms with Crippen LogP contribution in [0.5, 0.6) is 0 Å². The summed E-state index contributed by atoms with van der Waals surface area (Å²) in [4.78, 5) is 12.0. The molecule has 0 saturated carbocycles. The number of aryl methyl sites for hydroxylation is 2. The van der Waals surface area contributed by atoms with Crippen molar-refractivity contribution in [3.05, 3.63) is 45.2 Å². The third kappa shape index (κ3) is 2.65. The molecule has 0 aliphatic heterocycles. The number of aromatic amines is 1. The number of carbonyl (C=O) groups excluding carboxylic acids is 1. The molecule has 0 spiro atoms. The van der Waals surface area contributed by atoms with Gasteiger partial charge in [0.2, 0.25) is 0 Å². The van der Waals surface area contributed by atoms with Gasteiger partial charge in [0, 0.05) is 10.2 Å². The Labute approximate surface area is 116 Å². The van der Waals surface area contributed by atoms with Gasteiger partial charge in [-0.1, -0.05) is 15.9 Å². The molecule has 0 saturated heterocycles. The van der Waals surface area contributed by atoms with E-state index in [4.69, 9.17) is 0 Å². The Balaban J connectivity index is 2.35. The van der Waals surface area contributed by atoms with Gasteiger partial charge in [-0.2, -0.15) is 5.10 Å². The Bertz CT molecular complexity index is 612. The van der Waals surface area contributed by atoms with Crippen LogP contribution >= 0.6 is 15.9 Å². The first-order chi connectivity index (χ1) is 8.90. The number of halogens is 3. The first-order valence-corrected chi connectivity index (χ1v) is 6.17. The van der Waals surface area contributed by atoms with Crippen molar-refractivity contribution in [2.24, 2.45) is 0 Å². The molecule has 100 valence electrons. The highest BCUT2D eigenvalue weighted by Crippen LogP contribution is 2.24. The number of carbonyl (C=O) groups is 1. The third-order valence-corrected chi connectivity index (χ3v) is 3.06. The Hall–Kier alpha value is -1.76. The second-order valence-electron chi connectivity index (χ2n) is 4.01. The molecule has 0 bridgehead atoms. The lowest BCUT2D eigenvalue weighted by Crippen LogP contribution is -2.16. The van der Waals surface area contributed by atoms with E-state index in [9.17, 15) is 13.6 Å². The molecule has 0 radical (unpaired) electrons. The second-order valence-corrected chi connectivity index (χ2v) is 4.92. The number of anilines is 1. The fourth-order valence-corrected chi connectivity index (χ4v) is 2.13. The lowest BCUT2D eigenvalue weighted by Gasteiger charge is -2.08. The summed E-state index contributed by atoms with van der Waals surface area (Å²) in [5.41, 5.74) is 0.802. The molecule has 2 rings (SSSR count). The molecule has 0 fully saturated rings. The van der Waals surface area contributed by atoms with Crippen LogP contribution in [0.3, 0.4) is 0 Å². The minimum atomic E-state index is -0.848. The van der Waals surface area contributed by atoms with Gasteiger partial charge in [0.1, 0.15) is 5.69 Å². The molecule has 1 amide bonds. The third-order valence-electron chi connectivity index (χ3n) is 2.60. The zero-order valence-corrected chi connectivity index (χ0v) is 11.7. The van der Waals surface area contributed by atoms with Gasteiger partial charge in [0.15, 0.2) is 11.6 Å². The summed E-state index contributed by atoms with van der Waals surface area (Å²) in [5.74, 6) is -2.30. The fraction of sp³-hybridized carbons (Fsp3) is 0.167. The predicted molar refractivity (Wildman–Crippen MR) is 70.1 cm³/mol. The van der Waals surface area contributed by atoms with Crippen LogP contribution in [0.4, 0.5) is 14.5 Å². The van der Waals surface area contributed by atoms with Crippen molar-refractivity contribution < 1.29 is 13.6 Å². The largest absolute Gasteiger partial charge is 0.317 e. The maximum Gasteiger partial charge on any atom is 0.259 e. The Morgan fingerprint density at radius 3 is 2.37 bits per heavy atom. The van der Waals surface area contributed by atoms with E-state index in [0.29, 0.717) is 11.4 Å². The standard InChI is InChI=1S/C12H10BrF2N3O/c1-5-10(6(2)18-17-5)12(19)16-11-8(14)3-7(13)4-9(11)15/h3-4H,1-2H3,(H,16,19)(H,17,18). The Morgan fingerprint density at radius 1 is 1.32 bits per heavy atom. The van der Waals surface area contributed by atoms with Crippen molar-refractivity contribution in [2.75, 3.05) is 5.32 Å². The van der Waals surface area contributed by atoms with E-state index in [1.165, 1.54) is 0 Å². The van der Waals surface area contributed by atoms with Gasteiger partial charge in [-0.15, -0.1) is 0 Å². The van der Waals surface area contributed by atoms with Crippen molar-refractivity contribution in [3.63, 3.8) is 0 Å². The number of nitrogens with zero attached hydrogens (tertiary/aromatic N) is 1. The zero-order chi connectivity index (χ0) is 14.2. The van der Waals surface area contributed by atoms with Crippen molar-refractivity contribution >= 4 is 27.5 Å². The van der Waals surface area contributed by atoms with Gasteiger partial charge in [0.25, 0.3) is 5.91 Å². The maximum atomic E-state index is 13.6. The van der Waals surface area contributed by atoms with Crippen molar-refractivity contribution in [1.29, 1.82) is 0 Å². The number of nitrogens with one attached hydrogen (secondary N) is 2. The van der Waals surface area contributed by atoms with E-state index < -0.39 is 23.2 Å². The summed E-state index contributed by atoms with van der Waals surface area (Å²) in [6.07, 6.45) is 0. The summed E-state index contributed by atoms with van der Waals surface area (Å²) in [5, 5.41) is 8.71. The number of amides is 1. The number of H-pyrrole nitrogens is 1. The average molecular weight is 330 g/mol. The number of benzene rings is 1. The Kier molecular flexibility index (Phi) is 3.66. The van der Waals surface area contributed by atoms with Gasteiger partial charge in [0.05, 0.1) is 11.3 Å². The van der Waals surface area contributed by atoms with Crippen LogP contribution in [0.1, 0.15) is 21.7 Å². The SMILES string of the molecule is Cc1n[nH]c(C)c1C(=O)Nc1c(F)cc(Br)cc1F. The van der Waals surface area contributed by atoms with Crippen molar-refractivity contribution in [3.8, 4) is 0 Å². The monoisotopic (exact) mass is 329 g/mol. The first-order valence-electron chi connectivity index (χ1n) is 5.37. The van der Waals surface area contributed by atoms with E-state index in [1.54, 1.807) is 13.8 Å². The van der Waals surface area contributed by atoms with E-state index >= 15 is 0 Å². The van der Waals surface area contributed by atoms with Crippen LogP contribution < -0.4 is 5.32 Å². The number of hydrogen-bond acceptors (Lipinski definition) is 2. The highest BCUT2D eigenvalue weighted by molar-refractivity contribution is 9.10. The number of aromatic nitrogens is 2. The molecule has 4 nitrogen and oxygen atoms in total. The van der Waals surface area contributed by atoms with Crippen LogP contribution in [-0.4, -0.2) is 16.1 Å². The molecule has 1 aromatic carbocycles. The van der Waals surface area contributed by atoms with E-state index in [-0.39, 0.29) is 10.0 Å². The lowest BCUT2D eigenvalue weighted by atomic mass is 10.2. The summed E-state index contributed by atoms with van der Waals surface area (Å²) in [6, 6.07) is 2.15. The molecule has 7 heteroatoms. The van der Waals surface area contributed by atoms with Crippen molar-refractivity contribution in [1.82, 2.24) is 10.2 Å². The van der Waals surface area contributed by atoms with Gasteiger partial charge in [-0.3, -0.25) is 9.89 Å². The normalized spacial score (nSPS) is 10.6. The van der Waals surface area contributed by atoms with Gasteiger partial charge >= 0.3 is 0 Å². The van der Waals surface area contributed by atoms with Gasteiger partial charge in [-0.05, 0) is 26.0 Å². The van der Waals surface area contributed by atoms with Crippen LogP contribution in [0.15, 0.2) is 16.6 Å². The van der Waals surface area contributed by atoms with Crippen LogP contribution in [0.2, 0.25) is 0 Å². The molecular formula is C12H10BrF2N3O. The summed E-state index contributed by atoms with van der Waals surface area (Å²) < 4.78 is 27.5. The predicted octanol–water partition coefficient (Wildman–Crippen LogP) is 3.32. The first kappa shape index (κ1) is 13.7. The molecular weight excluding hydrogens is 320 g/mol. The number of hydrogen-bond donors (Lipinski definition) is 2. The summed E-state index contributed by atoms with van der Waals surface area (Å²) in [6.45, 7) is 3.29. The zero-order valence-electron chi connectivity index (χ0n) is 10.1. The van der Waals surface area contributed by atoms with Crippen LogP contribution in [0, 0.1) is 25.5 Å². The van der Waals surface area contributed by atoms with E-state index in [1.807, 2.05) is 0 Å². The quantitative estimate of drug-likeness (QED) is 0.887. The molecule has 0 atom stereocenters. The smallest absolute Gasteiger partial charge is 0.259 e. The van der Waals surface area contributed by atoms with Gasteiger partial charge in [-0.25, -0.2) is 8.78 Å². The molecule has 1 heterocycles. The summed E-state index contributed by atoms with van der Waals surface area (Å²) >= 11 is 2.97. The molecule has 19 heavy (non-hydrogen) atoms. The van der Waals surface area contributed by atoms with Gasteiger partial charge < -0.3 is 5.32 Å². The van der Waals surface area contributed by atoms with E-state index in [2.05, 4.69) is 31.4 Å².